The molecule has 34 heavy (non-hydrogen) atoms. The number of hydrogen-bond acceptors (Lipinski definition) is 9. The van der Waals surface area contributed by atoms with Gasteiger partial charge < -0.3 is 25.4 Å². The average Bonchev–Trinajstić information content (AvgIpc) is 2.92. The maximum absolute atomic E-state index is 14.0. The normalized spacial score (nSPS) is 25.1. The third kappa shape index (κ3) is 8.37. The topological polar surface area (TPSA) is 111 Å². The molecule has 2 atom stereocenters. The van der Waals surface area contributed by atoms with Crippen molar-refractivity contribution in [1.29, 1.82) is 0 Å². The first-order chi connectivity index (χ1) is 16.4. The van der Waals surface area contributed by atoms with Crippen LogP contribution in [-0.2, 0) is 4.79 Å². The number of hydrogen-bond donors (Lipinski definition) is 3. The molecular weight excluding hydrogens is 459 g/mol. The van der Waals surface area contributed by atoms with Gasteiger partial charge in [-0.1, -0.05) is 18.2 Å². The Morgan fingerprint density at radius 2 is 2.15 bits per heavy atom. The fraction of sp³-hybridized carbons (Fsp3) is 0.565. The van der Waals surface area contributed by atoms with Gasteiger partial charge in [-0.25, -0.2) is 9.38 Å². The maximum Gasteiger partial charge on any atom is 0.276 e. The van der Waals surface area contributed by atoms with Crippen LogP contribution in [0.4, 0.5) is 10.1 Å². The van der Waals surface area contributed by atoms with E-state index in [1.165, 1.54) is 30.2 Å². The minimum absolute atomic E-state index is 0.113. The standard InChI is InChI=1S/C23H33FN6O3S/c1-30(2)11-5-10-26-22(32)23-27-13-21(28-14-25-15-34-23)29-17-9-8-16(24)12-20(17)33-19-7-4-3-6-18(19)31/h8-9,12,14,18-19,31H,3-7,10-11,13,15H2,1-2H3,(H,26,32)(H,25,28,29)/b27-23-/t18?,19-/m1/s1. The van der Waals surface area contributed by atoms with Crippen LogP contribution in [0.2, 0.25) is 0 Å². The molecule has 9 nitrogen and oxygen atoms in total. The molecule has 1 saturated carbocycles. The highest BCUT2D eigenvalue weighted by atomic mass is 32.2. The molecule has 3 N–H and O–H groups in total. The number of aliphatic imine (C=N–C) groups is 3. The number of amides is 1. The highest BCUT2D eigenvalue weighted by molar-refractivity contribution is 8.15. The van der Waals surface area contributed by atoms with E-state index >= 15 is 0 Å². The van der Waals surface area contributed by atoms with Gasteiger partial charge in [-0.2, -0.15) is 0 Å². The number of benzene rings is 1. The number of nitrogens with one attached hydrogen (secondary N) is 2. The van der Waals surface area contributed by atoms with Crippen molar-refractivity contribution in [2.24, 2.45) is 15.0 Å². The number of rotatable bonds is 8. The van der Waals surface area contributed by atoms with Crippen LogP contribution in [0.5, 0.6) is 5.75 Å². The van der Waals surface area contributed by atoms with Crippen molar-refractivity contribution in [3.8, 4) is 5.75 Å². The molecule has 1 aliphatic heterocycles. The quantitative estimate of drug-likeness (QED) is 0.481. The number of amidine groups is 1. The lowest BCUT2D eigenvalue weighted by molar-refractivity contribution is -0.114. The minimum Gasteiger partial charge on any atom is -0.485 e. The highest BCUT2D eigenvalue weighted by Crippen LogP contribution is 2.30. The molecule has 0 aromatic heterocycles. The molecule has 3 rings (SSSR count). The van der Waals surface area contributed by atoms with E-state index in [9.17, 15) is 14.3 Å². The second-order valence-corrected chi connectivity index (χ2v) is 9.39. The Hall–Kier alpha value is -2.50. The van der Waals surface area contributed by atoms with Crippen LogP contribution >= 0.6 is 11.8 Å². The monoisotopic (exact) mass is 492 g/mol. The van der Waals surface area contributed by atoms with Gasteiger partial charge in [0.15, 0.2) is 5.04 Å². The summed E-state index contributed by atoms with van der Waals surface area (Å²) in [5.41, 5.74) is 0.503. The van der Waals surface area contributed by atoms with Crippen LogP contribution < -0.4 is 15.4 Å². The van der Waals surface area contributed by atoms with Crippen molar-refractivity contribution in [3.05, 3.63) is 24.0 Å². The van der Waals surface area contributed by atoms with E-state index in [-0.39, 0.29) is 12.5 Å². The second kappa shape index (κ2) is 13.4. The van der Waals surface area contributed by atoms with Crippen molar-refractivity contribution in [3.63, 3.8) is 0 Å². The summed E-state index contributed by atoms with van der Waals surface area (Å²) in [7, 11) is 3.97. The molecular formula is C23H33FN6O3S. The number of carbonyl (C=O) groups excluding carboxylic acids is 1. The van der Waals surface area contributed by atoms with E-state index in [1.807, 2.05) is 14.1 Å². The molecule has 11 heteroatoms. The predicted molar refractivity (Wildman–Crippen MR) is 136 cm³/mol. The number of halogens is 1. The van der Waals surface area contributed by atoms with Gasteiger partial charge in [0.1, 0.15) is 29.8 Å². The summed E-state index contributed by atoms with van der Waals surface area (Å²) in [6.45, 7) is 1.55. The second-order valence-electron chi connectivity index (χ2n) is 8.45. The van der Waals surface area contributed by atoms with Crippen LogP contribution in [0.25, 0.3) is 0 Å². The molecule has 0 bridgehead atoms. The lowest BCUT2D eigenvalue weighted by atomic mass is 9.95. The largest absolute Gasteiger partial charge is 0.485 e. The fourth-order valence-corrected chi connectivity index (χ4v) is 4.21. The molecule has 1 aliphatic carbocycles. The van der Waals surface area contributed by atoms with E-state index in [4.69, 9.17) is 4.74 Å². The molecule has 186 valence electrons. The zero-order chi connectivity index (χ0) is 24.3. The summed E-state index contributed by atoms with van der Waals surface area (Å²) in [4.78, 5) is 27.6. The molecule has 1 amide bonds. The molecule has 1 fully saturated rings. The summed E-state index contributed by atoms with van der Waals surface area (Å²) in [6.07, 6.45) is 4.56. The third-order valence-electron chi connectivity index (χ3n) is 5.37. The van der Waals surface area contributed by atoms with Gasteiger partial charge >= 0.3 is 0 Å². The number of aliphatic hydroxyl groups excluding tert-OH is 1. The first kappa shape index (κ1) is 26.1. The Morgan fingerprint density at radius 3 is 2.94 bits per heavy atom. The number of nitrogens with zero attached hydrogens (tertiary/aromatic N) is 4. The molecule has 0 radical (unpaired) electrons. The SMILES string of the molecule is CN(C)CCCNC(=O)/C1=N/C/C(Nc2ccc(F)cc2O[C@@H]2CCCCC2O)=N\C=N/CS1. The van der Waals surface area contributed by atoms with E-state index in [2.05, 4.69) is 30.5 Å². The van der Waals surface area contributed by atoms with Crippen molar-refractivity contribution in [1.82, 2.24) is 10.2 Å². The number of aliphatic hydroxyl groups is 1. The van der Waals surface area contributed by atoms with Gasteiger partial charge in [-0.3, -0.25) is 14.8 Å². The van der Waals surface area contributed by atoms with Crippen molar-refractivity contribution < 1.29 is 19.0 Å². The summed E-state index contributed by atoms with van der Waals surface area (Å²) in [5, 5.41) is 16.6. The Morgan fingerprint density at radius 1 is 1.32 bits per heavy atom. The first-order valence-electron chi connectivity index (χ1n) is 11.5. The van der Waals surface area contributed by atoms with Gasteiger partial charge in [0.2, 0.25) is 0 Å². The molecule has 1 heterocycles. The average molecular weight is 493 g/mol. The molecule has 1 aromatic carbocycles. The van der Waals surface area contributed by atoms with Gasteiger partial charge in [-0.05, 0) is 58.5 Å². The summed E-state index contributed by atoms with van der Waals surface area (Å²) in [5.74, 6) is 0.377. The Labute approximate surface area is 204 Å². The van der Waals surface area contributed by atoms with Crippen LogP contribution in [0.15, 0.2) is 33.2 Å². The Bertz CT molecular complexity index is 924. The van der Waals surface area contributed by atoms with Crippen molar-refractivity contribution in [2.45, 2.75) is 44.3 Å². The fourth-order valence-electron chi connectivity index (χ4n) is 3.59. The minimum atomic E-state index is -0.584. The molecule has 2 aliphatic rings. The zero-order valence-electron chi connectivity index (χ0n) is 19.7. The van der Waals surface area contributed by atoms with E-state index < -0.39 is 18.0 Å². The van der Waals surface area contributed by atoms with Crippen molar-refractivity contribution >= 4 is 40.6 Å². The smallest absolute Gasteiger partial charge is 0.276 e. The van der Waals surface area contributed by atoms with Gasteiger partial charge in [-0.15, -0.1) is 0 Å². The summed E-state index contributed by atoms with van der Waals surface area (Å²) < 4.78 is 20.0. The highest BCUT2D eigenvalue weighted by Gasteiger charge is 2.26. The number of anilines is 1. The third-order valence-corrected chi connectivity index (χ3v) is 6.24. The molecule has 1 unspecified atom stereocenters. The number of ether oxygens (including phenoxy) is 1. The molecule has 1 aromatic rings. The summed E-state index contributed by atoms with van der Waals surface area (Å²) >= 11 is 1.25. The van der Waals surface area contributed by atoms with E-state index in [0.29, 0.717) is 47.6 Å². The number of carbonyl (C=O) groups is 1. The first-order valence-corrected chi connectivity index (χ1v) is 12.5. The lowest BCUT2D eigenvalue weighted by Crippen LogP contribution is -2.35. The van der Waals surface area contributed by atoms with Gasteiger partial charge in [0, 0.05) is 12.6 Å². The predicted octanol–water partition coefficient (Wildman–Crippen LogP) is 2.52. The van der Waals surface area contributed by atoms with Crippen LogP contribution in [0.3, 0.4) is 0 Å². The van der Waals surface area contributed by atoms with Gasteiger partial charge in [0.25, 0.3) is 5.91 Å². The van der Waals surface area contributed by atoms with Gasteiger partial charge in [0.05, 0.1) is 24.2 Å². The summed E-state index contributed by atoms with van der Waals surface area (Å²) in [6, 6.07) is 4.17. The zero-order valence-corrected chi connectivity index (χ0v) is 20.5. The Balaban J connectivity index is 1.68. The Kier molecular flexibility index (Phi) is 10.3. The number of thioether (sulfide) groups is 1. The molecule has 0 saturated heterocycles. The maximum atomic E-state index is 14.0. The van der Waals surface area contributed by atoms with Crippen LogP contribution in [-0.4, -0.2) is 84.9 Å². The van der Waals surface area contributed by atoms with Crippen LogP contribution in [0, 0.1) is 5.82 Å². The van der Waals surface area contributed by atoms with E-state index in [0.717, 1.165) is 25.8 Å². The van der Waals surface area contributed by atoms with Crippen molar-refractivity contribution in [2.75, 3.05) is 44.9 Å². The lowest BCUT2D eigenvalue weighted by Gasteiger charge is -2.29. The molecule has 0 spiro atoms. The van der Waals surface area contributed by atoms with E-state index in [1.54, 1.807) is 6.07 Å². The van der Waals surface area contributed by atoms with Crippen LogP contribution in [0.1, 0.15) is 32.1 Å².